The lowest BCUT2D eigenvalue weighted by molar-refractivity contribution is 0.0694. The third kappa shape index (κ3) is 3.25. The maximum absolute atomic E-state index is 11.1. The maximum atomic E-state index is 11.1. The molecule has 0 unspecified atom stereocenters. The van der Waals surface area contributed by atoms with Crippen molar-refractivity contribution in [1.82, 2.24) is 15.0 Å². The summed E-state index contributed by atoms with van der Waals surface area (Å²) < 4.78 is 10.1. The minimum Gasteiger partial charge on any atom is -0.478 e. The Hall–Kier alpha value is -2.12. The number of aromatic carboxylic acids is 1. The monoisotopic (exact) mass is 315 g/mol. The van der Waals surface area contributed by atoms with Gasteiger partial charge in [0.25, 0.3) is 0 Å². The third-order valence-corrected chi connectivity index (χ3v) is 2.53. The van der Waals surface area contributed by atoms with Gasteiger partial charge in [0, 0.05) is 5.02 Å². The Bertz CT molecular complexity index is 666. The van der Waals surface area contributed by atoms with E-state index in [9.17, 15) is 4.79 Å². The first kappa shape index (κ1) is 14.3. The zero-order valence-electron chi connectivity index (χ0n) is 10.0. The molecule has 0 atom stereocenters. The van der Waals surface area contributed by atoms with Crippen LogP contribution in [0.1, 0.15) is 10.4 Å². The van der Waals surface area contributed by atoms with Gasteiger partial charge in [0.05, 0.1) is 7.11 Å². The number of benzene rings is 1. The van der Waals surface area contributed by atoms with Crippen molar-refractivity contribution >= 4 is 29.2 Å². The first-order valence-corrected chi connectivity index (χ1v) is 5.91. The van der Waals surface area contributed by atoms with E-state index in [4.69, 9.17) is 37.8 Å². The third-order valence-electron chi connectivity index (χ3n) is 2.12. The summed E-state index contributed by atoms with van der Waals surface area (Å²) in [7, 11) is 1.35. The Kier molecular flexibility index (Phi) is 4.21. The smallest absolute Gasteiger partial charge is 0.339 e. The zero-order chi connectivity index (χ0) is 14.7. The number of carboxylic acids is 1. The maximum Gasteiger partial charge on any atom is 0.339 e. The molecular formula is C11H7Cl2N3O4. The normalized spacial score (nSPS) is 10.2. The van der Waals surface area contributed by atoms with Crippen LogP contribution in [0.3, 0.4) is 0 Å². The molecule has 0 spiro atoms. The van der Waals surface area contributed by atoms with Crippen molar-refractivity contribution in [3.63, 3.8) is 0 Å². The van der Waals surface area contributed by atoms with Gasteiger partial charge >= 0.3 is 18.0 Å². The topological polar surface area (TPSA) is 94.4 Å². The number of hydrogen-bond acceptors (Lipinski definition) is 6. The molecule has 2 rings (SSSR count). The molecule has 104 valence electrons. The fourth-order valence-corrected chi connectivity index (χ4v) is 1.62. The molecule has 0 radical (unpaired) electrons. The van der Waals surface area contributed by atoms with Gasteiger partial charge in [-0.25, -0.2) is 4.79 Å². The fraction of sp³-hybridized carbons (Fsp3) is 0.0909. The van der Waals surface area contributed by atoms with E-state index in [1.807, 2.05) is 0 Å². The van der Waals surface area contributed by atoms with Gasteiger partial charge < -0.3 is 14.6 Å². The second-order valence-electron chi connectivity index (χ2n) is 3.42. The lowest BCUT2D eigenvalue weighted by atomic mass is 10.2. The Balaban J connectivity index is 2.39. The van der Waals surface area contributed by atoms with Crippen LogP contribution < -0.4 is 9.47 Å². The quantitative estimate of drug-likeness (QED) is 0.926. The van der Waals surface area contributed by atoms with Gasteiger partial charge in [0.1, 0.15) is 11.3 Å². The van der Waals surface area contributed by atoms with E-state index < -0.39 is 5.97 Å². The summed E-state index contributed by atoms with van der Waals surface area (Å²) in [5.41, 5.74) is -0.131. The highest BCUT2D eigenvalue weighted by Crippen LogP contribution is 2.27. The molecule has 1 N–H and O–H groups in total. The van der Waals surface area contributed by atoms with Crippen molar-refractivity contribution in [2.45, 2.75) is 0 Å². The number of carboxylic acid groups (broad SMARTS) is 1. The van der Waals surface area contributed by atoms with E-state index in [-0.39, 0.29) is 33.6 Å². The van der Waals surface area contributed by atoms with Crippen LogP contribution in [-0.4, -0.2) is 33.1 Å². The van der Waals surface area contributed by atoms with Crippen molar-refractivity contribution in [1.29, 1.82) is 0 Å². The number of nitrogens with zero attached hydrogens (tertiary/aromatic N) is 3. The van der Waals surface area contributed by atoms with Crippen molar-refractivity contribution in [2.75, 3.05) is 7.11 Å². The average Bonchev–Trinajstić information content (AvgIpc) is 2.40. The van der Waals surface area contributed by atoms with Gasteiger partial charge in [-0.3, -0.25) is 0 Å². The molecule has 7 nitrogen and oxygen atoms in total. The molecule has 1 heterocycles. The largest absolute Gasteiger partial charge is 0.478 e. The van der Waals surface area contributed by atoms with Crippen LogP contribution in [0.4, 0.5) is 0 Å². The first-order valence-electron chi connectivity index (χ1n) is 5.16. The number of hydrogen-bond donors (Lipinski definition) is 1. The summed E-state index contributed by atoms with van der Waals surface area (Å²) in [5.74, 6) is -1.18. The second-order valence-corrected chi connectivity index (χ2v) is 4.20. The molecule has 20 heavy (non-hydrogen) atoms. The number of ether oxygens (including phenoxy) is 2. The molecule has 2 aromatic rings. The van der Waals surface area contributed by atoms with Gasteiger partial charge in [-0.05, 0) is 29.8 Å². The van der Waals surface area contributed by atoms with Gasteiger partial charge in [0.15, 0.2) is 0 Å². The van der Waals surface area contributed by atoms with E-state index in [0.29, 0.717) is 0 Å². The van der Waals surface area contributed by atoms with Crippen LogP contribution in [0.5, 0.6) is 17.8 Å². The minimum atomic E-state index is -1.20. The predicted octanol–water partition coefficient (Wildman–Crippen LogP) is 2.68. The Morgan fingerprint density at radius 1 is 1.20 bits per heavy atom. The SMILES string of the molecule is COc1nc(Cl)nc(Oc2ccc(Cl)cc2C(=O)O)n1. The molecule has 0 bridgehead atoms. The van der Waals surface area contributed by atoms with Crippen molar-refractivity contribution < 1.29 is 19.4 Å². The van der Waals surface area contributed by atoms with Crippen LogP contribution >= 0.6 is 23.2 Å². The van der Waals surface area contributed by atoms with Crippen LogP contribution in [0.25, 0.3) is 0 Å². The standard InChI is InChI=1S/C11H7Cl2N3O4/c1-19-10-14-9(13)15-11(16-10)20-7-3-2-5(12)4-6(7)8(17)18/h2-4H,1H3,(H,17,18). The van der Waals surface area contributed by atoms with Crippen LogP contribution in [0.15, 0.2) is 18.2 Å². The van der Waals surface area contributed by atoms with Crippen LogP contribution in [0, 0.1) is 0 Å². The number of halogens is 2. The second kappa shape index (κ2) is 5.89. The Labute approximate surface area is 123 Å². The first-order chi connectivity index (χ1) is 9.49. The van der Waals surface area contributed by atoms with Gasteiger partial charge in [-0.1, -0.05) is 11.6 Å². The van der Waals surface area contributed by atoms with Crippen LogP contribution in [0.2, 0.25) is 10.3 Å². The lowest BCUT2D eigenvalue weighted by Gasteiger charge is -2.08. The van der Waals surface area contributed by atoms with E-state index >= 15 is 0 Å². The number of methoxy groups -OCH3 is 1. The molecule has 0 saturated heterocycles. The number of aromatic nitrogens is 3. The van der Waals surface area contributed by atoms with E-state index in [2.05, 4.69) is 15.0 Å². The van der Waals surface area contributed by atoms with Crippen molar-refractivity contribution in [3.05, 3.63) is 34.1 Å². The van der Waals surface area contributed by atoms with Gasteiger partial charge in [-0.15, -0.1) is 4.98 Å². The van der Waals surface area contributed by atoms with E-state index in [1.54, 1.807) is 0 Å². The summed E-state index contributed by atoms with van der Waals surface area (Å²) in [6.07, 6.45) is 0. The molecule has 0 saturated carbocycles. The van der Waals surface area contributed by atoms with Crippen molar-refractivity contribution in [2.24, 2.45) is 0 Å². The molecule has 0 fully saturated rings. The van der Waals surface area contributed by atoms with Gasteiger partial charge in [-0.2, -0.15) is 9.97 Å². The van der Waals surface area contributed by atoms with E-state index in [0.717, 1.165) is 0 Å². The van der Waals surface area contributed by atoms with Crippen LogP contribution in [-0.2, 0) is 0 Å². The molecule has 0 aliphatic rings. The molecule has 1 aromatic heterocycles. The summed E-state index contributed by atoms with van der Waals surface area (Å²) in [6, 6.07) is 3.87. The van der Waals surface area contributed by atoms with Gasteiger partial charge in [0.2, 0.25) is 5.28 Å². The summed E-state index contributed by atoms with van der Waals surface area (Å²) in [6.45, 7) is 0. The highest BCUT2D eigenvalue weighted by atomic mass is 35.5. The number of rotatable bonds is 4. The molecule has 0 aliphatic carbocycles. The number of carbonyl (C=O) groups is 1. The summed E-state index contributed by atoms with van der Waals surface area (Å²) in [4.78, 5) is 22.3. The van der Waals surface area contributed by atoms with Crippen molar-refractivity contribution in [3.8, 4) is 17.8 Å². The Morgan fingerprint density at radius 3 is 2.55 bits per heavy atom. The Morgan fingerprint density at radius 2 is 1.90 bits per heavy atom. The summed E-state index contributed by atoms with van der Waals surface area (Å²) in [5, 5.41) is 9.20. The molecule has 0 aliphatic heterocycles. The highest BCUT2D eigenvalue weighted by molar-refractivity contribution is 6.31. The fourth-order valence-electron chi connectivity index (χ4n) is 1.31. The predicted molar refractivity (Wildman–Crippen MR) is 69.9 cm³/mol. The van der Waals surface area contributed by atoms with E-state index in [1.165, 1.54) is 25.3 Å². The molecule has 9 heteroatoms. The average molecular weight is 316 g/mol. The minimum absolute atomic E-state index is 0.0196. The summed E-state index contributed by atoms with van der Waals surface area (Å²) >= 11 is 11.4. The molecule has 1 aromatic carbocycles. The lowest BCUT2D eigenvalue weighted by Crippen LogP contribution is -2.03. The molecular weight excluding hydrogens is 309 g/mol. The molecule has 0 amide bonds. The highest BCUT2D eigenvalue weighted by Gasteiger charge is 2.15. The zero-order valence-corrected chi connectivity index (χ0v) is 11.5.